The summed E-state index contributed by atoms with van der Waals surface area (Å²) in [4.78, 5) is 10.4. The molecule has 0 saturated heterocycles. The van der Waals surface area contributed by atoms with Crippen molar-refractivity contribution in [1.29, 1.82) is 0 Å². The lowest BCUT2D eigenvalue weighted by Gasteiger charge is -2.35. The van der Waals surface area contributed by atoms with E-state index in [0.29, 0.717) is 25.7 Å². The van der Waals surface area contributed by atoms with Crippen LogP contribution in [0.5, 0.6) is 0 Å². The van der Waals surface area contributed by atoms with Crippen molar-refractivity contribution in [3.8, 4) is 0 Å². The first kappa shape index (κ1) is 18.9. The molecule has 1 aliphatic rings. The van der Waals surface area contributed by atoms with Crippen molar-refractivity contribution in [1.82, 2.24) is 0 Å². The van der Waals surface area contributed by atoms with Crippen LogP contribution in [0.2, 0.25) is 0 Å². The minimum atomic E-state index is -0.934. The minimum Gasteiger partial charge on any atom is -0.481 e. The Kier molecular flexibility index (Phi) is 7.79. The van der Waals surface area contributed by atoms with E-state index >= 15 is 0 Å². The van der Waals surface area contributed by atoms with Gasteiger partial charge in [0.15, 0.2) is 0 Å². The molecule has 5 heteroatoms. The summed E-state index contributed by atoms with van der Waals surface area (Å²) in [5.41, 5.74) is -0.717. The second kappa shape index (κ2) is 9.08. The summed E-state index contributed by atoms with van der Waals surface area (Å²) in [5.74, 6) is -0.806. The Hall–Kier alpha value is -1.17. The van der Waals surface area contributed by atoms with Crippen LogP contribution in [0.25, 0.3) is 0 Å². The number of unbranched alkanes of at least 4 members (excludes halogenated alkanes) is 2. The third kappa shape index (κ3) is 4.93. The summed E-state index contributed by atoms with van der Waals surface area (Å²) >= 11 is 0. The van der Waals surface area contributed by atoms with Crippen LogP contribution in [0, 0.1) is 5.41 Å². The largest absolute Gasteiger partial charge is 0.481 e. The number of hydrogen-bond donors (Lipinski definition) is 4. The molecular weight excluding hydrogens is 284 g/mol. The van der Waals surface area contributed by atoms with E-state index in [2.05, 4.69) is 6.58 Å². The molecular formula is C17H28O5. The second-order valence-corrected chi connectivity index (χ2v) is 6.14. The summed E-state index contributed by atoms with van der Waals surface area (Å²) in [7, 11) is 0. The van der Waals surface area contributed by atoms with Crippen molar-refractivity contribution in [3.63, 3.8) is 0 Å². The van der Waals surface area contributed by atoms with E-state index in [0.717, 1.165) is 12.8 Å². The van der Waals surface area contributed by atoms with E-state index in [-0.39, 0.29) is 12.8 Å². The molecule has 1 rings (SSSR count). The highest BCUT2D eigenvalue weighted by Crippen LogP contribution is 2.46. The summed E-state index contributed by atoms with van der Waals surface area (Å²) < 4.78 is 0. The van der Waals surface area contributed by atoms with Crippen molar-refractivity contribution in [2.24, 2.45) is 5.41 Å². The molecule has 2 unspecified atom stereocenters. The molecule has 0 aromatic rings. The number of aliphatic hydroxyl groups excluding tert-OH is 3. The monoisotopic (exact) mass is 312 g/mol. The normalized spacial score (nSPS) is 31.7. The van der Waals surface area contributed by atoms with Gasteiger partial charge in [-0.1, -0.05) is 18.2 Å². The van der Waals surface area contributed by atoms with E-state index in [1.165, 1.54) is 0 Å². The first-order valence-electron chi connectivity index (χ1n) is 7.96. The molecule has 1 saturated carbocycles. The van der Waals surface area contributed by atoms with Gasteiger partial charge >= 0.3 is 5.97 Å². The maximum absolute atomic E-state index is 10.4. The molecule has 1 aliphatic carbocycles. The molecule has 0 heterocycles. The lowest BCUT2D eigenvalue weighted by Crippen LogP contribution is -2.41. The Morgan fingerprint density at radius 2 is 1.91 bits per heavy atom. The first-order chi connectivity index (χ1) is 10.4. The van der Waals surface area contributed by atoms with Gasteiger partial charge in [-0.15, -0.1) is 6.58 Å². The van der Waals surface area contributed by atoms with Gasteiger partial charge in [0.05, 0.1) is 18.3 Å². The molecule has 0 radical (unpaired) electrons. The van der Waals surface area contributed by atoms with Crippen molar-refractivity contribution in [2.75, 3.05) is 0 Å². The lowest BCUT2D eigenvalue weighted by molar-refractivity contribution is -0.137. The standard InChI is InChI=1S/C17H28O5/c1-2-3-7-10-17(14(19)12-13(18)16(17)22)11-8-5-4-6-9-15(20)21/h2,5,8,13-14,16,18-19,22H,1,3-4,6-7,9-12H2,(H,20,21)/t13-,14+,16?,17?/m0/s1. The second-order valence-electron chi connectivity index (χ2n) is 6.14. The van der Waals surface area contributed by atoms with Crippen LogP contribution in [0.3, 0.4) is 0 Å². The molecule has 0 amide bonds. The van der Waals surface area contributed by atoms with Crippen molar-refractivity contribution >= 4 is 5.97 Å². The molecule has 22 heavy (non-hydrogen) atoms. The van der Waals surface area contributed by atoms with Gasteiger partial charge in [0.2, 0.25) is 0 Å². The zero-order valence-electron chi connectivity index (χ0n) is 13.0. The van der Waals surface area contributed by atoms with E-state index in [4.69, 9.17) is 5.11 Å². The molecule has 4 N–H and O–H groups in total. The van der Waals surface area contributed by atoms with Crippen LogP contribution in [-0.4, -0.2) is 44.7 Å². The van der Waals surface area contributed by atoms with Crippen LogP contribution >= 0.6 is 0 Å². The van der Waals surface area contributed by atoms with Gasteiger partial charge in [0, 0.05) is 18.3 Å². The average Bonchev–Trinajstić information content (AvgIpc) is 2.67. The Labute approximate surface area is 132 Å². The highest BCUT2D eigenvalue weighted by Gasteiger charge is 2.52. The summed E-state index contributed by atoms with van der Waals surface area (Å²) in [6, 6.07) is 0. The van der Waals surface area contributed by atoms with Crippen LogP contribution in [0.4, 0.5) is 0 Å². The fourth-order valence-corrected chi connectivity index (χ4v) is 3.21. The van der Waals surface area contributed by atoms with Gasteiger partial charge in [-0.05, 0) is 38.5 Å². The van der Waals surface area contributed by atoms with Gasteiger partial charge in [0.25, 0.3) is 0 Å². The molecule has 4 atom stereocenters. The number of carbonyl (C=O) groups is 1. The number of allylic oxidation sites excluding steroid dienone is 3. The Morgan fingerprint density at radius 1 is 1.18 bits per heavy atom. The summed E-state index contributed by atoms with van der Waals surface area (Å²) in [5, 5.41) is 39.0. The van der Waals surface area contributed by atoms with Gasteiger partial charge in [-0.2, -0.15) is 0 Å². The molecule has 1 fully saturated rings. The predicted molar refractivity (Wildman–Crippen MR) is 84.4 cm³/mol. The van der Waals surface area contributed by atoms with E-state index in [9.17, 15) is 20.1 Å². The fourth-order valence-electron chi connectivity index (χ4n) is 3.21. The van der Waals surface area contributed by atoms with Crippen LogP contribution in [0.15, 0.2) is 24.8 Å². The first-order valence-corrected chi connectivity index (χ1v) is 7.96. The Bertz CT molecular complexity index is 393. The SMILES string of the molecule is C=CCCCC1(CC=CCCCC(=O)O)C(O)[C@@H](O)C[C@H]1O. The highest BCUT2D eigenvalue weighted by molar-refractivity contribution is 5.66. The van der Waals surface area contributed by atoms with Crippen LogP contribution in [-0.2, 0) is 4.79 Å². The average molecular weight is 312 g/mol. The maximum atomic E-state index is 10.4. The van der Waals surface area contributed by atoms with Crippen LogP contribution in [0.1, 0.15) is 51.4 Å². The number of aliphatic hydroxyl groups is 3. The Morgan fingerprint density at radius 3 is 2.45 bits per heavy atom. The number of carboxylic acids is 1. The number of aliphatic carboxylic acids is 1. The quantitative estimate of drug-likeness (QED) is 0.365. The number of carboxylic acid groups (broad SMARTS) is 1. The topological polar surface area (TPSA) is 98.0 Å². The van der Waals surface area contributed by atoms with Gasteiger partial charge < -0.3 is 20.4 Å². The molecule has 0 bridgehead atoms. The van der Waals surface area contributed by atoms with Crippen LogP contribution < -0.4 is 0 Å². The molecule has 5 nitrogen and oxygen atoms in total. The van der Waals surface area contributed by atoms with E-state index < -0.39 is 29.7 Å². The van der Waals surface area contributed by atoms with Crippen molar-refractivity contribution in [3.05, 3.63) is 24.8 Å². The molecule has 0 aromatic carbocycles. The van der Waals surface area contributed by atoms with Crippen molar-refractivity contribution < 1.29 is 25.2 Å². The van der Waals surface area contributed by atoms with E-state index in [1.54, 1.807) is 6.08 Å². The molecule has 126 valence electrons. The third-order valence-corrected chi connectivity index (χ3v) is 4.56. The molecule has 0 spiro atoms. The maximum Gasteiger partial charge on any atom is 0.303 e. The van der Waals surface area contributed by atoms with E-state index in [1.807, 2.05) is 12.2 Å². The fraction of sp³-hybridized carbons (Fsp3) is 0.706. The zero-order valence-corrected chi connectivity index (χ0v) is 13.0. The van der Waals surface area contributed by atoms with Gasteiger partial charge in [0.1, 0.15) is 0 Å². The zero-order chi connectivity index (χ0) is 16.6. The number of rotatable bonds is 10. The minimum absolute atomic E-state index is 0.138. The summed E-state index contributed by atoms with van der Waals surface area (Å²) in [6.45, 7) is 3.67. The molecule has 0 aromatic heterocycles. The highest BCUT2D eigenvalue weighted by atomic mass is 16.4. The summed E-state index contributed by atoms with van der Waals surface area (Å²) in [6.07, 6.45) is 7.31. The van der Waals surface area contributed by atoms with Gasteiger partial charge in [-0.3, -0.25) is 4.79 Å². The third-order valence-electron chi connectivity index (χ3n) is 4.56. The Balaban J connectivity index is 2.60. The number of hydrogen-bond acceptors (Lipinski definition) is 4. The van der Waals surface area contributed by atoms with Gasteiger partial charge in [-0.25, -0.2) is 0 Å². The smallest absolute Gasteiger partial charge is 0.303 e. The molecule has 0 aliphatic heterocycles. The van der Waals surface area contributed by atoms with Crippen molar-refractivity contribution in [2.45, 2.75) is 69.7 Å². The predicted octanol–water partition coefficient (Wildman–Crippen LogP) is 2.02. The lowest BCUT2D eigenvalue weighted by atomic mass is 9.74.